The number of aromatic nitrogens is 5. The molecule has 0 spiro atoms. The zero-order valence-corrected chi connectivity index (χ0v) is 22.4. The number of anilines is 3. The Labute approximate surface area is 237 Å². The molecule has 3 aromatic heterocycles. The molecule has 2 N–H and O–H groups in total. The number of fused-ring (bicyclic) bond motifs is 1. The van der Waals surface area contributed by atoms with E-state index in [1.54, 1.807) is 45.2 Å². The quantitative estimate of drug-likeness (QED) is 0.145. The maximum atomic E-state index is 13.9. The Bertz CT molecular complexity index is 1790. The van der Waals surface area contributed by atoms with Crippen molar-refractivity contribution in [1.82, 2.24) is 25.0 Å². The number of alkyl halides is 1. The monoisotopic (exact) mass is 578 g/mol. The summed E-state index contributed by atoms with van der Waals surface area (Å²) in [6.45, 7) is 1.00. The van der Waals surface area contributed by atoms with Crippen molar-refractivity contribution in [2.24, 2.45) is 0 Å². The van der Waals surface area contributed by atoms with Crippen molar-refractivity contribution in [3.05, 3.63) is 100 Å². The van der Waals surface area contributed by atoms with Crippen LogP contribution in [0.25, 0.3) is 10.9 Å². The lowest BCUT2D eigenvalue weighted by molar-refractivity contribution is 0.351. The van der Waals surface area contributed by atoms with Crippen LogP contribution in [0.1, 0.15) is 29.8 Å². The maximum absolute atomic E-state index is 13.9. The van der Waals surface area contributed by atoms with Crippen molar-refractivity contribution in [1.29, 1.82) is 5.26 Å². The average molecular weight is 579 g/mol. The third kappa shape index (κ3) is 5.38. The molecule has 206 valence electrons. The van der Waals surface area contributed by atoms with Crippen molar-refractivity contribution in [3.8, 4) is 6.07 Å². The maximum Gasteiger partial charge on any atom is 0.249 e. The van der Waals surface area contributed by atoms with Crippen LogP contribution in [0.2, 0.25) is 5.02 Å². The largest absolute Gasteiger partial charge is 0.378 e. The van der Waals surface area contributed by atoms with Gasteiger partial charge in [-0.2, -0.15) is 9.65 Å². The highest BCUT2D eigenvalue weighted by atomic mass is 35.5. The molecule has 0 saturated carbocycles. The highest BCUT2D eigenvalue weighted by Crippen LogP contribution is 2.37. The molecule has 5 rings (SSSR count). The van der Waals surface area contributed by atoms with E-state index < -0.39 is 35.7 Å². The number of nitriles is 1. The van der Waals surface area contributed by atoms with Gasteiger partial charge < -0.3 is 10.6 Å². The zero-order valence-electron chi connectivity index (χ0n) is 21.6. The number of benzene rings is 2. The van der Waals surface area contributed by atoms with Crippen LogP contribution in [0.4, 0.5) is 34.6 Å². The molecule has 2 aromatic carbocycles. The van der Waals surface area contributed by atoms with Gasteiger partial charge in [0.15, 0.2) is 5.82 Å². The molecule has 2 atom stereocenters. The van der Waals surface area contributed by atoms with Crippen LogP contribution in [0.3, 0.4) is 0 Å². The van der Waals surface area contributed by atoms with Gasteiger partial charge in [-0.3, -0.25) is 4.98 Å². The topological polar surface area (TPSA) is 104 Å². The van der Waals surface area contributed by atoms with Crippen LogP contribution in [0.15, 0.2) is 61.1 Å². The number of hydrogen-bond acceptors (Lipinski definition) is 7. The summed E-state index contributed by atoms with van der Waals surface area (Å²) in [5, 5.41) is 25.0. The average Bonchev–Trinajstić information content (AvgIpc) is 3.46. The van der Waals surface area contributed by atoms with Gasteiger partial charge in [0.05, 0.1) is 51.4 Å². The third-order valence-corrected chi connectivity index (χ3v) is 6.91. The summed E-state index contributed by atoms with van der Waals surface area (Å²) in [6.07, 6.45) is 3.99. The molecule has 0 aliphatic carbocycles. The first-order chi connectivity index (χ1) is 19.6. The number of rotatable bonds is 8. The smallest absolute Gasteiger partial charge is 0.249 e. The normalized spacial score (nSPS) is 13.4. The lowest BCUT2D eigenvalue weighted by Crippen LogP contribution is -2.37. The van der Waals surface area contributed by atoms with E-state index in [9.17, 15) is 22.8 Å². The van der Waals surface area contributed by atoms with E-state index in [1.165, 1.54) is 23.0 Å². The molecule has 14 heteroatoms. The summed E-state index contributed by atoms with van der Waals surface area (Å²) in [5.74, 6) is -2.86. The standard InChI is InChI=1S/C27H20BClF4N8/c1-14(9-30)41-13-23(39-40-41)27(28,16-2-4-17(31)5-3-16)38-18-6-20-24(37-19-8-22(32)26(33)36-12-19)15(10-34)11-35-25(20)21(29)7-18/h2-8,11-14,38H,9,28H2,1H3,(H,35,37)/t14-,27?/m0/s1. The van der Waals surface area contributed by atoms with Gasteiger partial charge in [0.1, 0.15) is 32.1 Å². The van der Waals surface area contributed by atoms with Crippen LogP contribution in [0.5, 0.6) is 0 Å². The molecule has 41 heavy (non-hydrogen) atoms. The number of pyridine rings is 2. The first kappa shape index (κ1) is 27.9. The fraction of sp³-hybridized carbons (Fsp3) is 0.148. The van der Waals surface area contributed by atoms with Gasteiger partial charge >= 0.3 is 0 Å². The highest BCUT2D eigenvalue weighted by molar-refractivity contribution is 6.36. The van der Waals surface area contributed by atoms with Crippen molar-refractivity contribution in [3.63, 3.8) is 0 Å². The second-order valence-electron chi connectivity index (χ2n) is 9.48. The van der Waals surface area contributed by atoms with Gasteiger partial charge in [-0.1, -0.05) is 28.9 Å². The molecule has 8 nitrogen and oxygen atoms in total. The predicted octanol–water partition coefficient (Wildman–Crippen LogP) is 5.38. The van der Waals surface area contributed by atoms with E-state index >= 15 is 0 Å². The fourth-order valence-electron chi connectivity index (χ4n) is 4.33. The first-order valence-corrected chi connectivity index (χ1v) is 12.6. The van der Waals surface area contributed by atoms with E-state index in [0.717, 1.165) is 12.3 Å². The van der Waals surface area contributed by atoms with Crippen LogP contribution in [-0.2, 0) is 5.44 Å². The minimum atomic E-state index is -1.26. The molecular formula is C27H20BClF4N8. The lowest BCUT2D eigenvalue weighted by atomic mass is 9.69. The zero-order chi connectivity index (χ0) is 29.3. The summed E-state index contributed by atoms with van der Waals surface area (Å²) < 4.78 is 55.9. The summed E-state index contributed by atoms with van der Waals surface area (Å²) in [5.41, 5.74) is 1.14. The number of halogens is 5. The molecule has 3 heterocycles. The van der Waals surface area contributed by atoms with E-state index in [4.69, 9.17) is 11.6 Å². The number of hydrogen-bond donors (Lipinski definition) is 2. The number of nitrogens with zero attached hydrogens (tertiary/aromatic N) is 6. The Kier molecular flexibility index (Phi) is 7.51. The Balaban J connectivity index is 1.65. The fourth-order valence-corrected chi connectivity index (χ4v) is 4.60. The summed E-state index contributed by atoms with van der Waals surface area (Å²) in [7, 11) is 1.79. The van der Waals surface area contributed by atoms with Crippen LogP contribution in [-0.4, -0.2) is 39.5 Å². The molecule has 0 aliphatic rings. The lowest BCUT2D eigenvalue weighted by Gasteiger charge is -2.31. The van der Waals surface area contributed by atoms with E-state index in [-0.39, 0.29) is 22.0 Å². The molecule has 0 bridgehead atoms. The van der Waals surface area contributed by atoms with Gasteiger partial charge in [-0.05, 0) is 36.8 Å². The minimum absolute atomic E-state index is 0.0946. The Morgan fingerprint density at radius 3 is 2.54 bits per heavy atom. The Morgan fingerprint density at radius 2 is 1.85 bits per heavy atom. The minimum Gasteiger partial charge on any atom is -0.378 e. The molecular weight excluding hydrogens is 559 g/mol. The van der Waals surface area contributed by atoms with Gasteiger partial charge in [-0.25, -0.2) is 22.8 Å². The molecule has 0 aliphatic heterocycles. The summed E-state index contributed by atoms with van der Waals surface area (Å²) >= 11 is 6.63. The van der Waals surface area contributed by atoms with E-state index in [1.807, 2.05) is 6.07 Å². The third-order valence-electron chi connectivity index (χ3n) is 6.62. The van der Waals surface area contributed by atoms with Crippen LogP contribution >= 0.6 is 11.6 Å². The van der Waals surface area contributed by atoms with Crippen molar-refractivity contribution >= 4 is 47.4 Å². The Morgan fingerprint density at radius 1 is 1.10 bits per heavy atom. The van der Waals surface area contributed by atoms with Crippen molar-refractivity contribution < 1.29 is 17.6 Å². The molecule has 0 radical (unpaired) electrons. The van der Waals surface area contributed by atoms with Crippen molar-refractivity contribution in [2.75, 3.05) is 17.3 Å². The first-order valence-electron chi connectivity index (χ1n) is 12.3. The van der Waals surface area contributed by atoms with Crippen LogP contribution in [0, 0.1) is 28.9 Å². The molecule has 0 amide bonds. The van der Waals surface area contributed by atoms with E-state index in [2.05, 4.69) is 30.9 Å². The Hall–Kier alpha value is -4.70. The number of nitrogens with one attached hydrogen (secondary N) is 2. The van der Waals surface area contributed by atoms with Crippen LogP contribution < -0.4 is 10.6 Å². The highest BCUT2D eigenvalue weighted by Gasteiger charge is 2.33. The molecule has 0 fully saturated rings. The SMILES string of the molecule is BC(Nc1cc(Cl)c2ncc(C#N)c(Nc3cnc(F)c(F)c3)c2c1)(c1ccc(F)cc1)c1cn([C@@H](C)CF)nn1. The molecule has 0 saturated heterocycles. The van der Waals surface area contributed by atoms with Crippen molar-refractivity contribution in [2.45, 2.75) is 18.4 Å². The second-order valence-corrected chi connectivity index (χ2v) is 9.89. The van der Waals surface area contributed by atoms with Gasteiger partial charge in [0, 0.05) is 23.3 Å². The van der Waals surface area contributed by atoms with E-state index in [0.29, 0.717) is 27.8 Å². The van der Waals surface area contributed by atoms with Gasteiger partial charge in [-0.15, -0.1) is 5.10 Å². The predicted molar refractivity (Wildman–Crippen MR) is 149 cm³/mol. The summed E-state index contributed by atoms with van der Waals surface area (Å²) in [4.78, 5) is 7.69. The van der Waals surface area contributed by atoms with Gasteiger partial charge in [0.25, 0.3) is 0 Å². The summed E-state index contributed by atoms with van der Waals surface area (Å²) in [6, 6.07) is 11.4. The molecule has 5 aromatic rings. The molecule has 1 unspecified atom stereocenters. The van der Waals surface area contributed by atoms with Gasteiger partial charge in [0.2, 0.25) is 5.95 Å². The second kappa shape index (κ2) is 11.1.